The van der Waals surface area contributed by atoms with E-state index >= 15 is 0 Å². The Kier molecular flexibility index (Phi) is 4.98. The molecule has 0 saturated carbocycles. The Morgan fingerprint density at radius 3 is 2.58 bits per heavy atom. The number of fused-ring (bicyclic) bond motifs is 1. The van der Waals surface area contributed by atoms with E-state index in [4.69, 9.17) is 0 Å². The number of Topliss-reactive ketones (excluding diaryl/α,β-unsaturated/α-hetero) is 1. The van der Waals surface area contributed by atoms with Gasteiger partial charge in [0.2, 0.25) is 5.91 Å². The van der Waals surface area contributed by atoms with Crippen molar-refractivity contribution >= 4 is 11.7 Å². The largest absolute Gasteiger partial charge is 0.349 e. The molecule has 7 heteroatoms. The maximum Gasteiger partial charge on any atom is 0.222 e. The van der Waals surface area contributed by atoms with Crippen LogP contribution in [0.1, 0.15) is 70.9 Å². The molecule has 0 aromatic carbocycles. The number of ketones is 1. The van der Waals surface area contributed by atoms with E-state index in [0.29, 0.717) is 18.5 Å². The maximum absolute atomic E-state index is 12.5. The molecule has 140 valence electrons. The van der Waals surface area contributed by atoms with E-state index < -0.39 is 0 Å². The summed E-state index contributed by atoms with van der Waals surface area (Å²) in [5, 5.41) is 12.1. The highest BCUT2D eigenvalue weighted by Gasteiger charge is 2.27. The second kappa shape index (κ2) is 7.05. The molecule has 1 amide bonds. The first-order valence-corrected chi connectivity index (χ1v) is 9.16. The molecule has 2 aromatic heterocycles. The third-order valence-corrected chi connectivity index (χ3v) is 5.27. The van der Waals surface area contributed by atoms with Gasteiger partial charge in [0, 0.05) is 37.0 Å². The predicted octanol–water partition coefficient (Wildman–Crippen LogP) is 2.33. The van der Waals surface area contributed by atoms with Gasteiger partial charge < -0.3 is 5.32 Å². The van der Waals surface area contributed by atoms with E-state index in [0.717, 1.165) is 36.3 Å². The molecule has 1 aliphatic carbocycles. The molecule has 0 spiro atoms. The number of hydrogen-bond acceptors (Lipinski definition) is 4. The third kappa shape index (κ3) is 3.30. The van der Waals surface area contributed by atoms with Gasteiger partial charge in [-0.25, -0.2) is 0 Å². The van der Waals surface area contributed by atoms with Crippen LogP contribution < -0.4 is 5.32 Å². The first-order chi connectivity index (χ1) is 12.3. The van der Waals surface area contributed by atoms with E-state index in [1.807, 2.05) is 32.5 Å². The lowest BCUT2D eigenvalue weighted by Gasteiger charge is -2.24. The standard InChI is InChI=1S/C19H27N5O2/c1-11-18(14(4)25)13(3)24(22-11)10-9-17(26)20-15-7-6-8-16-19(15)12(2)21-23(16)5/h15H,6-10H2,1-5H3,(H,20,26). The smallest absolute Gasteiger partial charge is 0.222 e. The van der Waals surface area contributed by atoms with Gasteiger partial charge in [-0.1, -0.05) is 0 Å². The van der Waals surface area contributed by atoms with Gasteiger partial charge in [0.05, 0.1) is 23.0 Å². The van der Waals surface area contributed by atoms with Crippen molar-refractivity contribution in [2.24, 2.45) is 7.05 Å². The van der Waals surface area contributed by atoms with Crippen LogP contribution in [-0.2, 0) is 24.8 Å². The summed E-state index contributed by atoms with van der Waals surface area (Å²) in [5.74, 6) is 0.0144. The van der Waals surface area contributed by atoms with Gasteiger partial charge in [0.25, 0.3) is 0 Å². The molecule has 2 aromatic rings. The molecule has 0 aliphatic heterocycles. The normalized spacial score (nSPS) is 16.4. The zero-order valence-corrected chi connectivity index (χ0v) is 16.2. The summed E-state index contributed by atoms with van der Waals surface area (Å²) in [6.07, 6.45) is 3.35. The van der Waals surface area contributed by atoms with Crippen molar-refractivity contribution in [3.05, 3.63) is 33.9 Å². The molecule has 0 fully saturated rings. The molecule has 2 heterocycles. The van der Waals surface area contributed by atoms with Crippen LogP contribution in [0.4, 0.5) is 0 Å². The van der Waals surface area contributed by atoms with Crippen molar-refractivity contribution in [3.63, 3.8) is 0 Å². The highest BCUT2D eigenvalue weighted by Crippen LogP contribution is 2.31. The van der Waals surface area contributed by atoms with Crippen LogP contribution in [0, 0.1) is 20.8 Å². The van der Waals surface area contributed by atoms with Crippen molar-refractivity contribution in [2.75, 3.05) is 0 Å². The number of nitrogens with zero attached hydrogens (tertiary/aromatic N) is 4. The van der Waals surface area contributed by atoms with Crippen molar-refractivity contribution in [2.45, 2.75) is 66.0 Å². The highest BCUT2D eigenvalue weighted by molar-refractivity contribution is 5.96. The minimum absolute atomic E-state index is 0.00281. The monoisotopic (exact) mass is 357 g/mol. The zero-order valence-electron chi connectivity index (χ0n) is 16.2. The van der Waals surface area contributed by atoms with Gasteiger partial charge in [-0.05, 0) is 47.0 Å². The number of aromatic nitrogens is 4. The molecule has 0 bridgehead atoms. The molecule has 1 atom stereocenters. The minimum Gasteiger partial charge on any atom is -0.349 e. The second-order valence-electron chi connectivity index (χ2n) is 7.16. The average Bonchev–Trinajstić information content (AvgIpc) is 3.02. The second-order valence-corrected chi connectivity index (χ2v) is 7.16. The lowest BCUT2D eigenvalue weighted by Crippen LogP contribution is -2.32. The van der Waals surface area contributed by atoms with Gasteiger partial charge in [-0.3, -0.25) is 19.0 Å². The summed E-state index contributed by atoms with van der Waals surface area (Å²) in [6, 6.07) is 0.0354. The van der Waals surface area contributed by atoms with Crippen molar-refractivity contribution in [1.29, 1.82) is 0 Å². The van der Waals surface area contributed by atoms with E-state index in [2.05, 4.69) is 15.5 Å². The molecule has 1 N–H and O–H groups in total. The lowest BCUT2D eigenvalue weighted by molar-refractivity contribution is -0.122. The van der Waals surface area contributed by atoms with E-state index in [1.165, 1.54) is 11.3 Å². The Balaban J connectivity index is 1.66. The molecular weight excluding hydrogens is 330 g/mol. The SMILES string of the molecule is CC(=O)c1c(C)nn(CCC(=O)NC2CCCc3c2c(C)nn3C)c1C. The van der Waals surface area contributed by atoms with Gasteiger partial charge >= 0.3 is 0 Å². The fourth-order valence-corrected chi connectivity index (χ4v) is 4.13. The fourth-order valence-electron chi connectivity index (χ4n) is 4.13. The van der Waals surface area contributed by atoms with Gasteiger partial charge in [0.1, 0.15) is 0 Å². The Morgan fingerprint density at radius 1 is 1.19 bits per heavy atom. The lowest BCUT2D eigenvalue weighted by atomic mass is 9.91. The Morgan fingerprint density at radius 2 is 1.92 bits per heavy atom. The number of hydrogen-bond donors (Lipinski definition) is 1. The molecule has 26 heavy (non-hydrogen) atoms. The van der Waals surface area contributed by atoms with E-state index in [1.54, 1.807) is 11.6 Å². The fraction of sp³-hybridized carbons (Fsp3) is 0.579. The number of amides is 1. The number of nitrogens with one attached hydrogen (secondary N) is 1. The van der Waals surface area contributed by atoms with Crippen molar-refractivity contribution < 1.29 is 9.59 Å². The van der Waals surface area contributed by atoms with Crippen LogP contribution in [-0.4, -0.2) is 31.3 Å². The van der Waals surface area contributed by atoms with Crippen LogP contribution in [0.25, 0.3) is 0 Å². The maximum atomic E-state index is 12.5. The molecule has 7 nitrogen and oxygen atoms in total. The topological polar surface area (TPSA) is 81.8 Å². The molecule has 0 saturated heterocycles. The number of carbonyl (C=O) groups is 2. The van der Waals surface area contributed by atoms with Crippen LogP contribution in [0.2, 0.25) is 0 Å². The summed E-state index contributed by atoms with van der Waals surface area (Å²) < 4.78 is 3.69. The van der Waals surface area contributed by atoms with Crippen LogP contribution in [0.3, 0.4) is 0 Å². The molecule has 1 aliphatic rings. The first kappa shape index (κ1) is 18.4. The summed E-state index contributed by atoms with van der Waals surface area (Å²) >= 11 is 0. The molecule has 3 rings (SSSR count). The Hall–Kier alpha value is -2.44. The van der Waals surface area contributed by atoms with Crippen molar-refractivity contribution in [1.82, 2.24) is 24.9 Å². The number of carbonyl (C=O) groups excluding carboxylic acids is 2. The first-order valence-electron chi connectivity index (χ1n) is 9.16. The van der Waals surface area contributed by atoms with Gasteiger partial charge in [-0.15, -0.1) is 0 Å². The van der Waals surface area contributed by atoms with Gasteiger partial charge in [-0.2, -0.15) is 10.2 Å². The van der Waals surface area contributed by atoms with E-state index in [9.17, 15) is 9.59 Å². The van der Waals surface area contributed by atoms with E-state index in [-0.39, 0.29) is 17.7 Å². The summed E-state index contributed by atoms with van der Waals surface area (Å²) in [7, 11) is 1.96. The highest BCUT2D eigenvalue weighted by atomic mass is 16.1. The third-order valence-electron chi connectivity index (χ3n) is 5.27. The van der Waals surface area contributed by atoms with Crippen LogP contribution >= 0.6 is 0 Å². The van der Waals surface area contributed by atoms with Crippen LogP contribution in [0.15, 0.2) is 0 Å². The number of aryl methyl sites for hydroxylation is 4. The molecule has 1 unspecified atom stereocenters. The van der Waals surface area contributed by atoms with Crippen molar-refractivity contribution in [3.8, 4) is 0 Å². The Bertz CT molecular complexity index is 862. The van der Waals surface area contributed by atoms with Crippen LogP contribution in [0.5, 0.6) is 0 Å². The number of rotatable bonds is 5. The summed E-state index contributed by atoms with van der Waals surface area (Å²) in [4.78, 5) is 24.2. The predicted molar refractivity (Wildman–Crippen MR) is 98.1 cm³/mol. The zero-order chi connectivity index (χ0) is 19.0. The summed E-state index contributed by atoms with van der Waals surface area (Å²) in [5.41, 5.74) is 5.61. The van der Waals surface area contributed by atoms with Gasteiger partial charge in [0.15, 0.2) is 5.78 Å². The minimum atomic E-state index is 0.00281. The average molecular weight is 357 g/mol. The molecular formula is C19H27N5O2. The Labute approximate surface area is 153 Å². The quantitative estimate of drug-likeness (QED) is 0.833. The molecule has 0 radical (unpaired) electrons. The summed E-state index contributed by atoms with van der Waals surface area (Å²) in [6.45, 7) is 7.72.